The van der Waals surface area contributed by atoms with Gasteiger partial charge in [-0.05, 0) is 23.3 Å². The molecule has 1 fully saturated rings. The Morgan fingerprint density at radius 1 is 1.25 bits per heavy atom. The molecule has 1 heterocycles. The summed E-state index contributed by atoms with van der Waals surface area (Å²) in [6, 6.07) is 3.88. The maximum atomic E-state index is 5.89. The lowest BCUT2D eigenvalue weighted by molar-refractivity contribution is 0.361. The fraction of sp³-hybridized carbons (Fsp3) is 0.333. The van der Waals surface area contributed by atoms with Crippen LogP contribution in [0, 0.1) is 0 Å². The fourth-order valence-corrected chi connectivity index (χ4v) is 2.19. The summed E-state index contributed by atoms with van der Waals surface area (Å²) < 4.78 is 5.37. The number of hydrogen-bond donors (Lipinski definition) is 0. The van der Waals surface area contributed by atoms with Crippen molar-refractivity contribution in [2.45, 2.75) is 18.6 Å². The largest absolute Gasteiger partial charge is 0.364 e. The highest BCUT2D eigenvalue weighted by Gasteiger charge is 2.47. The van der Waals surface area contributed by atoms with Crippen LogP contribution < -0.4 is 0 Å². The highest BCUT2D eigenvalue weighted by Crippen LogP contribution is 2.50. The summed E-state index contributed by atoms with van der Waals surface area (Å²) in [7, 11) is 0. The second-order valence-corrected chi connectivity index (χ2v) is 4.08. The number of ether oxygens (including phenoxy) is 1. The lowest BCUT2D eigenvalue weighted by Gasteiger charge is -2.03. The van der Waals surface area contributed by atoms with Crippen LogP contribution in [-0.4, -0.2) is 6.10 Å². The van der Waals surface area contributed by atoms with Crippen LogP contribution in [0.4, 0.5) is 0 Å². The molecule has 0 radical (unpaired) electrons. The molecule has 12 heavy (non-hydrogen) atoms. The van der Waals surface area contributed by atoms with Crippen LogP contribution in [0.5, 0.6) is 0 Å². The van der Waals surface area contributed by atoms with E-state index in [9.17, 15) is 0 Å². The molecule has 1 aromatic carbocycles. The van der Waals surface area contributed by atoms with Gasteiger partial charge in [0, 0.05) is 6.42 Å². The van der Waals surface area contributed by atoms with Crippen molar-refractivity contribution in [1.82, 2.24) is 0 Å². The van der Waals surface area contributed by atoms with E-state index in [4.69, 9.17) is 27.9 Å². The first kappa shape index (κ1) is 7.19. The molecule has 0 saturated carbocycles. The van der Waals surface area contributed by atoms with Crippen LogP contribution >= 0.6 is 23.2 Å². The second kappa shape index (κ2) is 2.16. The van der Waals surface area contributed by atoms with Crippen molar-refractivity contribution in [2.75, 3.05) is 0 Å². The van der Waals surface area contributed by atoms with Crippen molar-refractivity contribution in [2.24, 2.45) is 0 Å². The van der Waals surface area contributed by atoms with E-state index < -0.39 is 0 Å². The van der Waals surface area contributed by atoms with Crippen molar-refractivity contribution >= 4 is 23.2 Å². The van der Waals surface area contributed by atoms with Gasteiger partial charge in [0.25, 0.3) is 0 Å². The van der Waals surface area contributed by atoms with E-state index in [1.54, 1.807) is 0 Å². The van der Waals surface area contributed by atoms with Gasteiger partial charge < -0.3 is 4.74 Å². The topological polar surface area (TPSA) is 12.5 Å². The summed E-state index contributed by atoms with van der Waals surface area (Å²) >= 11 is 11.8. The molecule has 3 heteroatoms. The molecular formula is C9H6Cl2O. The smallest absolute Gasteiger partial charge is 0.110 e. The van der Waals surface area contributed by atoms with Crippen LogP contribution in [0.3, 0.4) is 0 Å². The highest BCUT2D eigenvalue weighted by atomic mass is 35.5. The molecule has 0 N–H and O–H groups in total. The van der Waals surface area contributed by atoms with Gasteiger partial charge in [-0.15, -0.1) is 0 Å². The Hall–Kier alpha value is -0.240. The van der Waals surface area contributed by atoms with Crippen molar-refractivity contribution in [1.29, 1.82) is 0 Å². The van der Waals surface area contributed by atoms with Gasteiger partial charge >= 0.3 is 0 Å². The predicted molar refractivity (Wildman–Crippen MR) is 47.8 cm³/mol. The Kier molecular flexibility index (Phi) is 1.30. The zero-order valence-electron chi connectivity index (χ0n) is 6.18. The third-order valence-corrected chi connectivity index (χ3v) is 3.21. The summed E-state index contributed by atoms with van der Waals surface area (Å²) in [5.41, 5.74) is 2.53. The van der Waals surface area contributed by atoms with Gasteiger partial charge in [0.2, 0.25) is 0 Å². The van der Waals surface area contributed by atoms with Gasteiger partial charge in [0.1, 0.15) is 6.10 Å². The summed E-state index contributed by atoms with van der Waals surface area (Å²) in [5.74, 6) is 0. The van der Waals surface area contributed by atoms with Crippen molar-refractivity contribution in [3.63, 3.8) is 0 Å². The zero-order valence-corrected chi connectivity index (χ0v) is 7.69. The quantitative estimate of drug-likeness (QED) is 0.587. The van der Waals surface area contributed by atoms with Crippen LogP contribution in [0.1, 0.15) is 17.2 Å². The molecule has 1 aliphatic carbocycles. The monoisotopic (exact) mass is 200 g/mol. The fourth-order valence-electron chi connectivity index (χ4n) is 1.83. The van der Waals surface area contributed by atoms with E-state index in [2.05, 4.69) is 0 Å². The molecule has 0 spiro atoms. The minimum Gasteiger partial charge on any atom is -0.364 e. The van der Waals surface area contributed by atoms with Crippen molar-refractivity contribution < 1.29 is 4.74 Å². The highest BCUT2D eigenvalue weighted by molar-refractivity contribution is 6.42. The Bertz CT molecular complexity index is 362. The Morgan fingerprint density at radius 3 is 2.83 bits per heavy atom. The molecule has 2 atom stereocenters. The first-order valence-corrected chi connectivity index (χ1v) is 4.64. The van der Waals surface area contributed by atoms with Gasteiger partial charge in [-0.1, -0.05) is 23.2 Å². The number of epoxide rings is 1. The number of benzene rings is 1. The van der Waals surface area contributed by atoms with E-state index in [1.807, 2.05) is 12.1 Å². The summed E-state index contributed by atoms with van der Waals surface area (Å²) in [6.07, 6.45) is 1.72. The van der Waals surface area contributed by atoms with Crippen LogP contribution in [0.2, 0.25) is 10.0 Å². The maximum Gasteiger partial charge on any atom is 0.110 e. The molecule has 2 unspecified atom stereocenters. The van der Waals surface area contributed by atoms with Crippen molar-refractivity contribution in [3.8, 4) is 0 Å². The lowest BCUT2D eigenvalue weighted by Crippen LogP contribution is -1.88. The third-order valence-electron chi connectivity index (χ3n) is 2.49. The number of hydrogen-bond acceptors (Lipinski definition) is 1. The lowest BCUT2D eigenvalue weighted by atomic mass is 10.1. The molecule has 1 nitrogen and oxygen atoms in total. The maximum absolute atomic E-state index is 5.89. The van der Waals surface area contributed by atoms with Gasteiger partial charge in [-0.25, -0.2) is 0 Å². The van der Waals surface area contributed by atoms with E-state index in [0.717, 1.165) is 6.42 Å². The summed E-state index contributed by atoms with van der Waals surface area (Å²) in [4.78, 5) is 0. The van der Waals surface area contributed by atoms with Crippen LogP contribution in [-0.2, 0) is 11.2 Å². The normalized spacial score (nSPS) is 29.8. The molecule has 3 rings (SSSR count). The first-order valence-electron chi connectivity index (χ1n) is 3.89. The number of rotatable bonds is 0. The Labute approximate surface area is 80.2 Å². The average molecular weight is 201 g/mol. The minimum atomic E-state index is 0.315. The van der Waals surface area contributed by atoms with E-state index in [0.29, 0.717) is 22.3 Å². The van der Waals surface area contributed by atoms with Gasteiger partial charge in [-0.3, -0.25) is 0 Å². The molecular weight excluding hydrogens is 195 g/mol. The third kappa shape index (κ3) is 0.846. The van der Waals surface area contributed by atoms with E-state index >= 15 is 0 Å². The molecule has 1 aliphatic heterocycles. The van der Waals surface area contributed by atoms with Gasteiger partial charge in [-0.2, -0.15) is 0 Å². The molecule has 0 bridgehead atoms. The van der Waals surface area contributed by atoms with Crippen LogP contribution in [0.25, 0.3) is 0 Å². The van der Waals surface area contributed by atoms with Gasteiger partial charge in [0.05, 0.1) is 16.1 Å². The Balaban J connectivity index is 2.20. The molecule has 62 valence electrons. The number of halogens is 2. The molecule has 1 saturated heterocycles. The van der Waals surface area contributed by atoms with E-state index in [-0.39, 0.29) is 0 Å². The summed E-state index contributed by atoms with van der Waals surface area (Å²) in [6.45, 7) is 0. The molecule has 0 amide bonds. The zero-order chi connectivity index (χ0) is 8.29. The van der Waals surface area contributed by atoms with E-state index in [1.165, 1.54) is 11.1 Å². The molecule has 2 aliphatic rings. The second-order valence-electron chi connectivity index (χ2n) is 3.26. The average Bonchev–Trinajstić information content (AvgIpc) is 2.70. The molecule has 1 aromatic rings. The van der Waals surface area contributed by atoms with Gasteiger partial charge in [0.15, 0.2) is 0 Å². The SMILES string of the molecule is Clc1cc2c(cc1Cl)C1OC1C2. The predicted octanol–water partition coefficient (Wildman–Crippen LogP) is 2.99. The van der Waals surface area contributed by atoms with Crippen molar-refractivity contribution in [3.05, 3.63) is 33.3 Å². The number of fused-ring (bicyclic) bond motifs is 3. The summed E-state index contributed by atoms with van der Waals surface area (Å²) in [5, 5.41) is 1.28. The standard InChI is InChI=1S/C9H6Cl2O/c10-6-1-4-2-8-9(12-8)5(4)3-7(6)11/h1,3,8-9H,2H2. The Morgan fingerprint density at radius 2 is 2.00 bits per heavy atom. The first-order chi connectivity index (χ1) is 5.75. The molecule has 0 aromatic heterocycles. The minimum absolute atomic E-state index is 0.315. The van der Waals surface area contributed by atoms with Crippen LogP contribution in [0.15, 0.2) is 12.1 Å².